The maximum Gasteiger partial charge on any atom is 0.210 e. The highest BCUT2D eigenvalue weighted by Gasteiger charge is 2.07. The fourth-order valence-electron chi connectivity index (χ4n) is 1.46. The number of hydrogen-bond donors (Lipinski definition) is 0. The molecule has 0 saturated carbocycles. The van der Waals surface area contributed by atoms with Gasteiger partial charge >= 0.3 is 0 Å². The van der Waals surface area contributed by atoms with E-state index in [4.69, 9.17) is 0 Å². The fraction of sp³-hybridized carbons (Fsp3) is 0.0909. The van der Waals surface area contributed by atoms with E-state index in [-0.39, 0.29) is 0 Å². The summed E-state index contributed by atoms with van der Waals surface area (Å²) in [5.41, 5.74) is 2.63. The van der Waals surface area contributed by atoms with Crippen LogP contribution in [0.3, 0.4) is 0 Å². The first-order valence-corrected chi connectivity index (χ1v) is 5.95. The first-order valence-electron chi connectivity index (χ1n) is 5.07. The van der Waals surface area contributed by atoms with Crippen LogP contribution >= 0.6 is 11.3 Å². The van der Waals surface area contributed by atoms with Crippen LogP contribution in [0.2, 0.25) is 0 Å². The lowest BCUT2D eigenvalue weighted by Crippen LogP contribution is -1.93. The molecule has 0 radical (unpaired) electrons. The minimum Gasteiger partial charge on any atom is -0.242 e. The van der Waals surface area contributed by atoms with Crippen molar-refractivity contribution < 1.29 is 0 Å². The van der Waals surface area contributed by atoms with Gasteiger partial charge in [0.1, 0.15) is 12.0 Å². The fourth-order valence-corrected chi connectivity index (χ4v) is 2.22. The molecule has 0 amide bonds. The summed E-state index contributed by atoms with van der Waals surface area (Å²) < 4.78 is 1.74. The van der Waals surface area contributed by atoms with Gasteiger partial charge in [0.05, 0.1) is 5.69 Å². The molecule has 0 aromatic carbocycles. The van der Waals surface area contributed by atoms with Crippen molar-refractivity contribution in [1.29, 1.82) is 0 Å². The number of aromatic nitrogens is 5. The Morgan fingerprint density at radius 3 is 2.94 bits per heavy atom. The second-order valence-corrected chi connectivity index (χ2v) is 4.35. The molecule has 0 spiro atoms. The predicted octanol–water partition coefficient (Wildman–Crippen LogP) is 2.09. The Labute approximate surface area is 102 Å². The Hall–Kier alpha value is -2.08. The first kappa shape index (κ1) is 10.1. The van der Waals surface area contributed by atoms with Gasteiger partial charge in [-0.25, -0.2) is 19.6 Å². The van der Waals surface area contributed by atoms with Gasteiger partial charge in [-0.15, -0.1) is 11.3 Å². The monoisotopic (exact) mass is 243 g/mol. The summed E-state index contributed by atoms with van der Waals surface area (Å²) in [7, 11) is 0. The van der Waals surface area contributed by atoms with Crippen LogP contribution in [0.25, 0.3) is 16.5 Å². The van der Waals surface area contributed by atoms with Crippen molar-refractivity contribution in [2.45, 2.75) is 6.92 Å². The predicted molar refractivity (Wildman–Crippen MR) is 65.0 cm³/mol. The van der Waals surface area contributed by atoms with Crippen LogP contribution in [0.15, 0.2) is 36.2 Å². The third kappa shape index (κ3) is 1.94. The molecule has 17 heavy (non-hydrogen) atoms. The van der Waals surface area contributed by atoms with Crippen LogP contribution in [0.4, 0.5) is 0 Å². The largest absolute Gasteiger partial charge is 0.242 e. The van der Waals surface area contributed by atoms with Crippen LogP contribution in [0.5, 0.6) is 0 Å². The van der Waals surface area contributed by atoms with Gasteiger partial charge in [0.15, 0.2) is 0 Å². The van der Waals surface area contributed by atoms with E-state index in [1.54, 1.807) is 17.2 Å². The van der Waals surface area contributed by atoms with Crippen LogP contribution in [-0.4, -0.2) is 24.7 Å². The summed E-state index contributed by atoms with van der Waals surface area (Å²) in [6.45, 7) is 1.94. The standard InChI is InChI=1S/C11H9N5S/c1-8-5-9(13-7-12-8)10-6-17-11(15-10)16-4-2-3-14-16/h2-7H,1H3. The molecule has 0 unspecified atom stereocenters. The van der Waals surface area contributed by atoms with E-state index in [0.717, 1.165) is 22.2 Å². The van der Waals surface area contributed by atoms with E-state index in [0.29, 0.717) is 0 Å². The van der Waals surface area contributed by atoms with Crippen LogP contribution in [0, 0.1) is 6.92 Å². The van der Waals surface area contributed by atoms with Gasteiger partial charge < -0.3 is 0 Å². The normalized spacial score (nSPS) is 10.6. The summed E-state index contributed by atoms with van der Waals surface area (Å²) in [5.74, 6) is 0. The number of hydrogen-bond acceptors (Lipinski definition) is 5. The van der Waals surface area contributed by atoms with E-state index in [2.05, 4.69) is 20.1 Å². The van der Waals surface area contributed by atoms with Gasteiger partial charge in [-0.1, -0.05) is 0 Å². The number of thiazole rings is 1. The van der Waals surface area contributed by atoms with Gasteiger partial charge in [0, 0.05) is 23.5 Å². The lowest BCUT2D eigenvalue weighted by Gasteiger charge is -1.96. The Bertz CT molecular complexity index is 629. The molecule has 0 N–H and O–H groups in total. The van der Waals surface area contributed by atoms with Gasteiger partial charge in [-0.2, -0.15) is 5.10 Å². The third-order valence-corrected chi connectivity index (χ3v) is 3.09. The molecule has 0 bridgehead atoms. The highest BCUT2D eigenvalue weighted by molar-refractivity contribution is 7.12. The molecule has 3 rings (SSSR count). The molecule has 3 aromatic rings. The van der Waals surface area contributed by atoms with E-state index in [1.807, 2.05) is 30.6 Å². The van der Waals surface area contributed by atoms with Crippen molar-refractivity contribution in [1.82, 2.24) is 24.7 Å². The molecule has 84 valence electrons. The molecule has 3 aromatic heterocycles. The van der Waals surface area contributed by atoms with Crippen molar-refractivity contribution >= 4 is 11.3 Å². The third-order valence-electron chi connectivity index (χ3n) is 2.26. The van der Waals surface area contributed by atoms with Gasteiger partial charge in [0.25, 0.3) is 0 Å². The maximum absolute atomic E-state index is 4.49. The molecule has 0 aliphatic heterocycles. The Balaban J connectivity index is 2.01. The van der Waals surface area contributed by atoms with Crippen LogP contribution in [-0.2, 0) is 0 Å². The summed E-state index contributed by atoms with van der Waals surface area (Å²) in [6, 6.07) is 3.79. The molecule has 5 nitrogen and oxygen atoms in total. The second kappa shape index (κ2) is 4.06. The van der Waals surface area contributed by atoms with E-state index < -0.39 is 0 Å². The number of aryl methyl sites for hydroxylation is 1. The summed E-state index contributed by atoms with van der Waals surface area (Å²) in [5, 5.41) is 6.95. The average Bonchev–Trinajstić information content (AvgIpc) is 3.00. The molecule has 3 heterocycles. The van der Waals surface area contributed by atoms with Crippen molar-refractivity contribution in [3.05, 3.63) is 41.9 Å². The zero-order chi connectivity index (χ0) is 11.7. The molecule has 6 heteroatoms. The Morgan fingerprint density at radius 1 is 1.24 bits per heavy atom. The molecule has 0 saturated heterocycles. The van der Waals surface area contributed by atoms with Crippen molar-refractivity contribution in [2.75, 3.05) is 0 Å². The molecular weight excluding hydrogens is 234 g/mol. The molecule has 0 aliphatic rings. The van der Waals surface area contributed by atoms with Crippen molar-refractivity contribution in [3.63, 3.8) is 0 Å². The molecule has 0 atom stereocenters. The minimum absolute atomic E-state index is 0.835. The minimum atomic E-state index is 0.835. The van der Waals surface area contributed by atoms with E-state index in [9.17, 15) is 0 Å². The summed E-state index contributed by atoms with van der Waals surface area (Å²) >= 11 is 1.54. The van der Waals surface area contributed by atoms with Gasteiger partial charge in [0.2, 0.25) is 5.13 Å². The highest BCUT2D eigenvalue weighted by Crippen LogP contribution is 2.21. The zero-order valence-corrected chi connectivity index (χ0v) is 9.92. The zero-order valence-electron chi connectivity index (χ0n) is 9.11. The topological polar surface area (TPSA) is 56.5 Å². The van der Waals surface area contributed by atoms with E-state index >= 15 is 0 Å². The van der Waals surface area contributed by atoms with Crippen molar-refractivity contribution in [2.24, 2.45) is 0 Å². The molecular formula is C11H9N5S. The number of nitrogens with zero attached hydrogens (tertiary/aromatic N) is 5. The van der Waals surface area contributed by atoms with Crippen molar-refractivity contribution in [3.8, 4) is 16.5 Å². The Kier molecular flexibility index (Phi) is 2.41. The maximum atomic E-state index is 4.49. The van der Waals surface area contributed by atoms with Crippen LogP contribution < -0.4 is 0 Å². The first-order chi connectivity index (χ1) is 8.33. The second-order valence-electron chi connectivity index (χ2n) is 3.51. The molecule has 0 aliphatic carbocycles. The smallest absolute Gasteiger partial charge is 0.210 e. The molecule has 0 fully saturated rings. The summed E-state index contributed by atoms with van der Waals surface area (Å²) in [6.07, 6.45) is 5.15. The summed E-state index contributed by atoms with van der Waals surface area (Å²) in [4.78, 5) is 12.8. The lowest BCUT2D eigenvalue weighted by molar-refractivity contribution is 0.870. The Morgan fingerprint density at radius 2 is 2.18 bits per heavy atom. The quantitative estimate of drug-likeness (QED) is 0.691. The average molecular weight is 243 g/mol. The van der Waals surface area contributed by atoms with Gasteiger partial charge in [-0.05, 0) is 19.1 Å². The SMILES string of the molecule is Cc1cc(-c2csc(-n3cccn3)n2)ncn1. The lowest BCUT2D eigenvalue weighted by atomic mass is 10.3. The van der Waals surface area contributed by atoms with Gasteiger partial charge in [-0.3, -0.25) is 0 Å². The van der Waals surface area contributed by atoms with E-state index in [1.165, 1.54) is 11.3 Å². The number of rotatable bonds is 2. The van der Waals surface area contributed by atoms with Crippen LogP contribution in [0.1, 0.15) is 5.69 Å². The highest BCUT2D eigenvalue weighted by atomic mass is 32.1.